The fourth-order valence-electron chi connectivity index (χ4n) is 9.46. The molecule has 2 fully saturated rings. The molecule has 2 saturated heterocycles. The summed E-state index contributed by atoms with van der Waals surface area (Å²) >= 11 is 9.50. The van der Waals surface area contributed by atoms with Gasteiger partial charge in [0.15, 0.2) is 5.82 Å². The number of aliphatic imine (C=N–C) groups is 1. The molecule has 17 nitrogen and oxygen atoms in total. The van der Waals surface area contributed by atoms with Crippen molar-refractivity contribution in [1.82, 2.24) is 45.1 Å². The second-order valence-electron chi connectivity index (χ2n) is 19.8. The normalized spacial score (nSPS) is 19.6. The van der Waals surface area contributed by atoms with E-state index in [-0.39, 0.29) is 44.5 Å². The van der Waals surface area contributed by atoms with Crippen LogP contribution in [0.4, 0.5) is 0 Å². The summed E-state index contributed by atoms with van der Waals surface area (Å²) in [5.41, 5.74) is 7.71. The number of aromatic nitrogens is 4. The summed E-state index contributed by atoms with van der Waals surface area (Å²) in [7, 11) is 0. The first-order valence-corrected chi connectivity index (χ1v) is 26.1. The number of amides is 4. The van der Waals surface area contributed by atoms with Crippen LogP contribution < -0.4 is 10.6 Å². The number of halogens is 1. The lowest BCUT2D eigenvalue weighted by molar-refractivity contribution is -0.145. The number of aryl methyl sites for hydroxylation is 3. The summed E-state index contributed by atoms with van der Waals surface area (Å²) in [6, 6.07) is 12.5. The number of aliphatic hydroxyl groups is 2. The van der Waals surface area contributed by atoms with Gasteiger partial charge in [0.05, 0.1) is 53.1 Å². The van der Waals surface area contributed by atoms with Gasteiger partial charge in [0.2, 0.25) is 23.6 Å². The minimum atomic E-state index is -1.03. The number of ether oxygens (including phenoxy) is 1. The zero-order valence-corrected chi connectivity index (χ0v) is 43.8. The fourth-order valence-corrected chi connectivity index (χ4v) is 11.6. The molecule has 0 aliphatic carbocycles. The van der Waals surface area contributed by atoms with Gasteiger partial charge in [-0.15, -0.1) is 32.9 Å². The predicted molar refractivity (Wildman–Crippen MR) is 274 cm³/mol. The Bertz CT molecular complexity index is 2780. The number of β-amino-alcohol motifs (C(OH)–C–C–N with tert-alkyl or cyclic N) is 2. The standard InChI is InChI=1S/C51H63ClN10O7S2/c1-28-31(4)71-50-43(28)44(34-13-15-36(52)16-14-34)55-39(47-58-57-32(5)62(47)50)22-42(66)60-19-17-59(18-20-60)23-38(64)25-69-26-41(65)56-46(51(6,7)8)49(68)61-24-37(63)21-40(61)48(67)54-29(2)33-9-11-35(12-10-33)45-30(3)53-27-70-45/h9-16,27,29,37-40,46,63-64H,17-26H2,1-8H3,(H,54,67)(H,56,65)/t29-,37+,38-,39-,40-,46?/m0/s1. The zero-order chi connectivity index (χ0) is 50.9. The third-order valence-corrected chi connectivity index (χ3v) is 15.9. The first kappa shape index (κ1) is 51.9. The molecule has 3 aromatic heterocycles. The maximum atomic E-state index is 14.2. The third kappa shape index (κ3) is 11.6. The number of piperazine rings is 1. The Morgan fingerprint density at radius 3 is 2.30 bits per heavy atom. The minimum Gasteiger partial charge on any atom is -0.391 e. The Hall–Kier alpha value is -5.41. The summed E-state index contributed by atoms with van der Waals surface area (Å²) in [6.45, 7) is 17.0. The number of rotatable bonds is 15. The third-order valence-electron chi connectivity index (χ3n) is 13.5. The number of carbonyl (C=O) groups excluding carboxylic acids is 4. The Balaban J connectivity index is 0.811. The van der Waals surface area contributed by atoms with Crippen LogP contribution in [0.2, 0.25) is 5.02 Å². The number of nitrogens with one attached hydrogen (secondary N) is 2. The summed E-state index contributed by atoms with van der Waals surface area (Å²) in [6.07, 6.45) is -1.67. The van der Waals surface area contributed by atoms with Crippen molar-refractivity contribution in [3.8, 4) is 15.4 Å². The van der Waals surface area contributed by atoms with E-state index < -0.39 is 60.1 Å². The fraction of sp³-hybridized carbons (Fsp3) is 0.490. The molecule has 5 aromatic rings. The molecule has 2 aromatic carbocycles. The SMILES string of the molecule is Cc1ncsc1-c1ccc([C@H](C)NC(=O)[C@@H]2C[C@@H](O)CN2C(=O)C(NC(=O)COC[C@@H](O)CN2CCN(C(=O)C[C@@H]3N=C(c4ccc(Cl)cc4)c4c(sc(C)c4C)-n4c(C)nnc43)CC2)C(C)(C)C)cc1. The number of aliphatic hydroxyl groups excluding tert-OH is 2. The van der Waals surface area contributed by atoms with E-state index in [1.54, 1.807) is 22.7 Å². The molecular formula is C51H63ClN10O7S2. The first-order valence-electron chi connectivity index (χ1n) is 24.0. The van der Waals surface area contributed by atoms with Crippen molar-refractivity contribution < 1.29 is 34.1 Å². The van der Waals surface area contributed by atoms with Crippen molar-refractivity contribution in [2.45, 2.75) is 105 Å². The van der Waals surface area contributed by atoms with Gasteiger partial charge in [0, 0.05) is 66.7 Å². The van der Waals surface area contributed by atoms with Crippen LogP contribution in [0.3, 0.4) is 0 Å². The van der Waals surface area contributed by atoms with Crippen LogP contribution in [0.25, 0.3) is 15.4 Å². The average Bonchev–Trinajstić information content (AvgIpc) is 4.10. The summed E-state index contributed by atoms with van der Waals surface area (Å²) in [5.74, 6) is -0.165. The highest BCUT2D eigenvalue weighted by atomic mass is 35.5. The van der Waals surface area contributed by atoms with Crippen LogP contribution in [-0.4, -0.2) is 151 Å². The topological polar surface area (TPSA) is 208 Å². The van der Waals surface area contributed by atoms with Crippen LogP contribution in [0.1, 0.15) is 97.1 Å². The van der Waals surface area contributed by atoms with E-state index in [1.807, 2.05) is 105 Å². The molecule has 3 aliphatic heterocycles. The number of likely N-dealkylation sites (tertiary alicyclic amines) is 1. The molecule has 6 heterocycles. The number of hydrogen-bond donors (Lipinski definition) is 4. The van der Waals surface area contributed by atoms with Crippen LogP contribution in [-0.2, 0) is 23.9 Å². The van der Waals surface area contributed by atoms with Gasteiger partial charge in [-0.1, -0.05) is 68.8 Å². The lowest BCUT2D eigenvalue weighted by Crippen LogP contribution is -2.58. The lowest BCUT2D eigenvalue weighted by atomic mass is 9.85. The lowest BCUT2D eigenvalue weighted by Gasteiger charge is -2.36. The molecule has 0 radical (unpaired) electrons. The largest absolute Gasteiger partial charge is 0.391 e. The molecule has 3 aliphatic rings. The van der Waals surface area contributed by atoms with E-state index in [0.717, 1.165) is 59.8 Å². The Morgan fingerprint density at radius 1 is 0.944 bits per heavy atom. The number of hydrogen-bond acceptors (Lipinski definition) is 14. The molecule has 20 heteroatoms. The maximum absolute atomic E-state index is 14.2. The summed E-state index contributed by atoms with van der Waals surface area (Å²) in [5, 5.41) is 38.0. The van der Waals surface area contributed by atoms with Crippen LogP contribution in [0.5, 0.6) is 0 Å². The quantitative estimate of drug-likeness (QED) is 0.103. The Kier molecular flexibility index (Phi) is 15.9. The van der Waals surface area contributed by atoms with E-state index in [1.165, 1.54) is 4.90 Å². The van der Waals surface area contributed by atoms with Crippen LogP contribution in [0, 0.1) is 33.1 Å². The number of thiophene rings is 1. The highest BCUT2D eigenvalue weighted by Crippen LogP contribution is 2.40. The second-order valence-corrected chi connectivity index (χ2v) is 22.3. The Labute approximate surface area is 427 Å². The van der Waals surface area contributed by atoms with Crippen molar-refractivity contribution in [3.63, 3.8) is 0 Å². The van der Waals surface area contributed by atoms with E-state index in [0.29, 0.717) is 37.0 Å². The predicted octanol–water partition coefficient (Wildman–Crippen LogP) is 5.51. The van der Waals surface area contributed by atoms with E-state index >= 15 is 0 Å². The number of nitrogens with zero attached hydrogens (tertiary/aromatic N) is 8. The Morgan fingerprint density at radius 2 is 1.63 bits per heavy atom. The van der Waals surface area contributed by atoms with Crippen molar-refractivity contribution in [2.75, 3.05) is 52.5 Å². The van der Waals surface area contributed by atoms with Crippen molar-refractivity contribution in [3.05, 3.63) is 104 Å². The van der Waals surface area contributed by atoms with E-state index in [9.17, 15) is 29.4 Å². The molecule has 8 rings (SSSR count). The maximum Gasteiger partial charge on any atom is 0.246 e. The van der Waals surface area contributed by atoms with Gasteiger partial charge in [-0.25, -0.2) is 4.98 Å². The highest BCUT2D eigenvalue weighted by Gasteiger charge is 2.45. The molecule has 4 amide bonds. The van der Waals surface area contributed by atoms with Gasteiger partial charge in [0.1, 0.15) is 35.6 Å². The highest BCUT2D eigenvalue weighted by molar-refractivity contribution is 7.15. The van der Waals surface area contributed by atoms with E-state index in [2.05, 4.69) is 44.6 Å². The molecular weight excluding hydrogens is 964 g/mol. The molecule has 378 valence electrons. The van der Waals surface area contributed by atoms with Gasteiger partial charge >= 0.3 is 0 Å². The average molecular weight is 1030 g/mol. The van der Waals surface area contributed by atoms with Crippen molar-refractivity contribution in [2.24, 2.45) is 10.4 Å². The monoisotopic (exact) mass is 1030 g/mol. The van der Waals surface area contributed by atoms with Crippen LogP contribution in [0.15, 0.2) is 59.0 Å². The second kappa shape index (κ2) is 21.7. The number of benzene rings is 2. The van der Waals surface area contributed by atoms with Gasteiger partial charge in [-0.2, -0.15) is 0 Å². The van der Waals surface area contributed by atoms with Gasteiger partial charge in [-0.3, -0.25) is 33.6 Å². The first-order chi connectivity index (χ1) is 33.8. The van der Waals surface area contributed by atoms with Gasteiger partial charge in [0.25, 0.3) is 0 Å². The molecule has 1 unspecified atom stereocenters. The summed E-state index contributed by atoms with van der Waals surface area (Å²) < 4.78 is 7.69. The van der Waals surface area contributed by atoms with Gasteiger partial charge < -0.3 is 35.4 Å². The number of carbonyl (C=O) groups is 4. The van der Waals surface area contributed by atoms with Crippen molar-refractivity contribution >= 4 is 63.6 Å². The molecule has 0 bridgehead atoms. The van der Waals surface area contributed by atoms with Crippen molar-refractivity contribution in [1.29, 1.82) is 0 Å². The number of thiazole rings is 1. The molecule has 71 heavy (non-hydrogen) atoms. The number of fused-ring (bicyclic) bond motifs is 3. The molecule has 4 N–H and O–H groups in total. The minimum absolute atomic E-state index is 0.0531. The molecule has 0 saturated carbocycles. The molecule has 6 atom stereocenters. The van der Waals surface area contributed by atoms with Gasteiger partial charge in [-0.05, 0) is 68.9 Å². The zero-order valence-electron chi connectivity index (χ0n) is 41.4. The van der Waals surface area contributed by atoms with E-state index in [4.69, 9.17) is 21.3 Å². The summed E-state index contributed by atoms with van der Waals surface area (Å²) in [4.78, 5) is 72.2. The molecule has 0 spiro atoms. The smallest absolute Gasteiger partial charge is 0.246 e. The van der Waals surface area contributed by atoms with Crippen LogP contribution >= 0.6 is 34.3 Å².